The Kier molecular flexibility index (Phi) is 5.36. The number of urea groups is 1. The molecule has 0 saturated heterocycles. The minimum atomic E-state index is -0.985. The van der Waals surface area contributed by atoms with E-state index in [2.05, 4.69) is 20.8 Å². The highest BCUT2D eigenvalue weighted by Crippen LogP contribution is 2.39. The summed E-state index contributed by atoms with van der Waals surface area (Å²) >= 11 is 0. The van der Waals surface area contributed by atoms with Crippen molar-refractivity contribution >= 4 is 28.8 Å². The van der Waals surface area contributed by atoms with Gasteiger partial charge in [0.1, 0.15) is 0 Å². The molecule has 1 aliphatic rings. The minimum absolute atomic E-state index is 0.103. The van der Waals surface area contributed by atoms with Crippen LogP contribution >= 0.6 is 0 Å². The first-order chi connectivity index (χ1) is 13.2. The average molecular weight is 383 g/mol. The van der Waals surface area contributed by atoms with E-state index in [0.717, 1.165) is 36.0 Å². The number of nitrogens with zero attached hydrogens (tertiary/aromatic N) is 1. The smallest absolute Gasteiger partial charge is 0.339 e. The number of primary amides is 1. The number of imide groups is 1. The van der Waals surface area contributed by atoms with Gasteiger partial charge in [0.05, 0.1) is 11.1 Å². The molecule has 1 heterocycles. The van der Waals surface area contributed by atoms with Crippen molar-refractivity contribution in [3.8, 4) is 0 Å². The second-order valence-electron chi connectivity index (χ2n) is 8.22. The van der Waals surface area contributed by atoms with Crippen molar-refractivity contribution in [1.82, 2.24) is 10.3 Å². The van der Waals surface area contributed by atoms with Crippen LogP contribution in [0.15, 0.2) is 24.3 Å². The fourth-order valence-corrected chi connectivity index (χ4v) is 3.74. The highest BCUT2D eigenvalue weighted by atomic mass is 16.5. The topological polar surface area (TPSA) is 111 Å². The number of aryl methyl sites for hydroxylation is 1. The van der Waals surface area contributed by atoms with Gasteiger partial charge in [-0.2, -0.15) is 0 Å². The largest absolute Gasteiger partial charge is 0.452 e. The van der Waals surface area contributed by atoms with Gasteiger partial charge < -0.3 is 10.5 Å². The van der Waals surface area contributed by atoms with Crippen molar-refractivity contribution in [2.45, 2.75) is 40.0 Å². The molecule has 3 N–H and O–H groups in total. The van der Waals surface area contributed by atoms with Crippen LogP contribution in [0.4, 0.5) is 4.79 Å². The van der Waals surface area contributed by atoms with Gasteiger partial charge in [-0.15, -0.1) is 0 Å². The Morgan fingerprint density at radius 1 is 1.25 bits per heavy atom. The molecule has 0 radical (unpaired) electrons. The van der Waals surface area contributed by atoms with E-state index in [1.807, 2.05) is 29.6 Å². The maximum Gasteiger partial charge on any atom is 0.339 e. The highest BCUT2D eigenvalue weighted by molar-refractivity contribution is 6.06. The van der Waals surface area contributed by atoms with Gasteiger partial charge in [0.25, 0.3) is 5.91 Å². The lowest BCUT2D eigenvalue weighted by Gasteiger charge is -2.35. The molecule has 1 aromatic heterocycles. The molecule has 7 nitrogen and oxygen atoms in total. The summed E-state index contributed by atoms with van der Waals surface area (Å²) in [6.45, 7) is 6.02. The van der Waals surface area contributed by atoms with Crippen molar-refractivity contribution in [3.05, 3.63) is 41.1 Å². The van der Waals surface area contributed by atoms with Crippen LogP contribution < -0.4 is 11.1 Å². The van der Waals surface area contributed by atoms with Gasteiger partial charge in [-0.05, 0) is 42.2 Å². The number of hydrogen-bond donors (Lipinski definition) is 2. The third kappa shape index (κ3) is 4.13. The van der Waals surface area contributed by atoms with Crippen molar-refractivity contribution in [2.24, 2.45) is 17.1 Å². The van der Waals surface area contributed by atoms with Crippen molar-refractivity contribution in [3.63, 3.8) is 0 Å². The van der Waals surface area contributed by atoms with Gasteiger partial charge >= 0.3 is 12.0 Å². The Hall–Kier alpha value is -2.96. The molecule has 3 amide bonds. The van der Waals surface area contributed by atoms with Crippen LogP contribution in [0.1, 0.15) is 48.8 Å². The number of nitrogens with one attached hydrogen (secondary N) is 1. The quantitative estimate of drug-likeness (QED) is 0.792. The second kappa shape index (κ2) is 7.58. The molecular formula is C21H25N3O4. The van der Waals surface area contributed by atoms with E-state index in [1.54, 1.807) is 0 Å². The van der Waals surface area contributed by atoms with E-state index in [4.69, 9.17) is 15.5 Å². The van der Waals surface area contributed by atoms with Crippen LogP contribution in [0.2, 0.25) is 0 Å². The normalized spacial score (nSPS) is 16.3. The Labute approximate surface area is 163 Å². The third-order valence-corrected chi connectivity index (χ3v) is 5.28. The Morgan fingerprint density at radius 3 is 2.64 bits per heavy atom. The lowest BCUT2D eigenvalue weighted by Crippen LogP contribution is -2.38. The molecule has 0 unspecified atom stereocenters. The zero-order valence-electron chi connectivity index (χ0n) is 16.4. The predicted molar refractivity (Wildman–Crippen MR) is 105 cm³/mol. The molecule has 0 aliphatic heterocycles. The molecule has 1 aliphatic carbocycles. The monoisotopic (exact) mass is 383 g/mol. The van der Waals surface area contributed by atoms with Gasteiger partial charge in [-0.3, -0.25) is 15.1 Å². The Morgan fingerprint density at radius 2 is 1.96 bits per heavy atom. The Bertz CT molecular complexity index is 947. The number of ether oxygens (including phenoxy) is 1. The lowest BCUT2D eigenvalue weighted by atomic mass is 9.70. The zero-order chi connectivity index (χ0) is 20.5. The molecule has 3 rings (SSSR count). The average Bonchev–Trinajstić information content (AvgIpc) is 2.62. The van der Waals surface area contributed by atoms with E-state index in [0.29, 0.717) is 16.9 Å². The fraction of sp³-hybridized carbons (Fsp3) is 0.429. The van der Waals surface area contributed by atoms with Crippen LogP contribution in [0.5, 0.6) is 0 Å². The molecule has 1 atom stereocenters. The summed E-state index contributed by atoms with van der Waals surface area (Å²) in [5.74, 6) is -0.947. The first-order valence-corrected chi connectivity index (χ1v) is 9.33. The number of hydrogen-bond acceptors (Lipinski definition) is 5. The lowest BCUT2D eigenvalue weighted by molar-refractivity contribution is -0.123. The molecule has 7 heteroatoms. The molecule has 0 saturated carbocycles. The first kappa shape index (κ1) is 19.8. The molecule has 148 valence electrons. The van der Waals surface area contributed by atoms with E-state index < -0.39 is 24.5 Å². The predicted octanol–water partition coefficient (Wildman–Crippen LogP) is 2.74. The zero-order valence-corrected chi connectivity index (χ0v) is 16.4. The summed E-state index contributed by atoms with van der Waals surface area (Å²) in [6, 6.07) is 6.43. The van der Waals surface area contributed by atoms with Gasteiger partial charge in [-0.1, -0.05) is 39.0 Å². The van der Waals surface area contributed by atoms with Crippen molar-refractivity contribution in [1.29, 1.82) is 0 Å². The van der Waals surface area contributed by atoms with Gasteiger partial charge in [0, 0.05) is 11.1 Å². The number of aromatic nitrogens is 1. The summed E-state index contributed by atoms with van der Waals surface area (Å²) in [4.78, 5) is 40.1. The van der Waals surface area contributed by atoms with Gasteiger partial charge in [0.2, 0.25) is 0 Å². The molecular weight excluding hydrogens is 358 g/mol. The van der Waals surface area contributed by atoms with Crippen LogP contribution in [0, 0.1) is 11.3 Å². The standard InChI is InChI=1S/C21H25N3O4/c1-21(2,3)12-8-9-16-14(10-12)18(13-6-4-5-7-15(13)23-16)19(26)28-11-17(25)24-20(22)27/h4-7,12H,8-11H2,1-3H3,(H3,22,24,25,27)/t12-/m0/s1. The van der Waals surface area contributed by atoms with E-state index in [1.165, 1.54) is 0 Å². The maximum atomic E-state index is 12.9. The molecule has 2 aromatic rings. The number of carbonyl (C=O) groups is 3. The van der Waals surface area contributed by atoms with Crippen LogP contribution in [-0.2, 0) is 22.4 Å². The summed E-state index contributed by atoms with van der Waals surface area (Å²) in [6.07, 6.45) is 2.54. The summed E-state index contributed by atoms with van der Waals surface area (Å²) < 4.78 is 5.20. The number of benzene rings is 1. The summed E-state index contributed by atoms with van der Waals surface area (Å²) in [7, 11) is 0. The number of rotatable bonds is 3. The molecule has 0 spiro atoms. The number of carbonyl (C=O) groups excluding carboxylic acids is 3. The summed E-state index contributed by atoms with van der Waals surface area (Å²) in [5.41, 5.74) is 8.01. The van der Waals surface area contributed by atoms with Crippen molar-refractivity contribution < 1.29 is 19.1 Å². The number of amides is 3. The molecule has 28 heavy (non-hydrogen) atoms. The summed E-state index contributed by atoms with van der Waals surface area (Å²) in [5, 5.41) is 2.59. The molecule has 0 fully saturated rings. The second-order valence-corrected chi connectivity index (χ2v) is 8.22. The van der Waals surface area contributed by atoms with Gasteiger partial charge in [-0.25, -0.2) is 9.59 Å². The number of fused-ring (bicyclic) bond motifs is 2. The van der Waals surface area contributed by atoms with E-state index >= 15 is 0 Å². The van der Waals surface area contributed by atoms with E-state index in [9.17, 15) is 14.4 Å². The number of esters is 1. The highest BCUT2D eigenvalue weighted by Gasteiger charge is 2.33. The number of para-hydroxylation sites is 1. The maximum absolute atomic E-state index is 12.9. The molecule has 1 aromatic carbocycles. The SMILES string of the molecule is CC(C)(C)[C@H]1CCc2nc3ccccc3c(C(=O)OCC(=O)NC(N)=O)c2C1. The van der Waals surface area contributed by atoms with Crippen LogP contribution in [-0.4, -0.2) is 29.5 Å². The molecule has 0 bridgehead atoms. The third-order valence-electron chi connectivity index (χ3n) is 5.28. The Balaban J connectivity index is 1.99. The van der Waals surface area contributed by atoms with Gasteiger partial charge in [0.15, 0.2) is 6.61 Å². The van der Waals surface area contributed by atoms with Crippen molar-refractivity contribution in [2.75, 3.05) is 6.61 Å². The minimum Gasteiger partial charge on any atom is -0.452 e. The number of nitrogens with two attached hydrogens (primary N) is 1. The fourth-order valence-electron chi connectivity index (χ4n) is 3.74. The van der Waals surface area contributed by atoms with Crippen LogP contribution in [0.3, 0.4) is 0 Å². The van der Waals surface area contributed by atoms with Crippen LogP contribution in [0.25, 0.3) is 10.9 Å². The van der Waals surface area contributed by atoms with E-state index in [-0.39, 0.29) is 5.41 Å². The first-order valence-electron chi connectivity index (χ1n) is 9.33. The number of pyridine rings is 1.